The minimum atomic E-state index is -0.198. The summed E-state index contributed by atoms with van der Waals surface area (Å²) in [5, 5.41) is 0. The van der Waals surface area contributed by atoms with E-state index in [0.717, 1.165) is 16.0 Å². The maximum atomic E-state index is 13.6. The number of benzene rings is 1. The Bertz CT molecular complexity index is 698. The molecule has 0 spiro atoms. The van der Waals surface area contributed by atoms with E-state index in [9.17, 15) is 4.39 Å². The molecule has 0 amide bonds. The fourth-order valence-electron chi connectivity index (χ4n) is 1.95. The molecule has 1 aromatic carbocycles. The first-order chi connectivity index (χ1) is 9.65. The van der Waals surface area contributed by atoms with Crippen LogP contribution in [0.3, 0.4) is 0 Å². The van der Waals surface area contributed by atoms with E-state index >= 15 is 0 Å². The van der Waals surface area contributed by atoms with E-state index in [1.807, 2.05) is 6.07 Å². The molecular formula is C14H12BrFN2S2. The highest BCUT2D eigenvalue weighted by molar-refractivity contribution is 9.10. The van der Waals surface area contributed by atoms with E-state index in [-0.39, 0.29) is 5.82 Å². The number of aromatic amines is 1. The summed E-state index contributed by atoms with van der Waals surface area (Å²) in [6.07, 6.45) is 2.38. The van der Waals surface area contributed by atoms with Gasteiger partial charge in [-0.1, -0.05) is 24.4 Å². The topological polar surface area (TPSA) is 28.7 Å². The summed E-state index contributed by atoms with van der Waals surface area (Å²) in [6, 6.07) is 6.76. The first kappa shape index (κ1) is 14.2. The number of hydrogen-bond acceptors (Lipinski definition) is 3. The number of aromatic nitrogens is 2. The van der Waals surface area contributed by atoms with Gasteiger partial charge in [-0.25, -0.2) is 9.37 Å². The monoisotopic (exact) mass is 370 g/mol. The van der Waals surface area contributed by atoms with Gasteiger partial charge in [0, 0.05) is 16.5 Å². The van der Waals surface area contributed by atoms with Crippen molar-refractivity contribution >= 4 is 39.9 Å². The van der Waals surface area contributed by atoms with Gasteiger partial charge in [-0.15, -0.1) is 11.8 Å². The van der Waals surface area contributed by atoms with E-state index in [1.165, 1.54) is 30.7 Å². The molecule has 6 heteroatoms. The summed E-state index contributed by atoms with van der Waals surface area (Å²) >= 11 is 10.2. The highest BCUT2D eigenvalue weighted by atomic mass is 79.9. The van der Waals surface area contributed by atoms with Gasteiger partial charge in [0.25, 0.3) is 0 Å². The molecule has 2 nitrogen and oxygen atoms in total. The standard InChI is InChI=1S/C14H12BrFN2S2/c15-12-13(8-5-6-8)17-11(18-14(12)19)7-20-10-4-2-1-3-9(10)16/h1-4,8H,5-7H2,(H,17,18,19). The second kappa shape index (κ2) is 5.95. The molecule has 0 saturated heterocycles. The average Bonchev–Trinajstić information content (AvgIpc) is 3.26. The van der Waals surface area contributed by atoms with E-state index in [1.54, 1.807) is 12.1 Å². The van der Waals surface area contributed by atoms with Gasteiger partial charge in [0.05, 0.1) is 10.2 Å². The number of nitrogens with zero attached hydrogens (tertiary/aromatic N) is 1. The second-order valence-corrected chi connectivity index (χ2v) is 6.91. The van der Waals surface area contributed by atoms with Crippen LogP contribution in [-0.2, 0) is 5.75 Å². The molecule has 0 unspecified atom stereocenters. The Labute approximate surface area is 134 Å². The summed E-state index contributed by atoms with van der Waals surface area (Å²) in [5.74, 6) is 1.74. The Balaban J connectivity index is 1.81. The molecule has 2 aromatic rings. The fourth-order valence-corrected chi connectivity index (χ4v) is 3.50. The van der Waals surface area contributed by atoms with Crippen molar-refractivity contribution < 1.29 is 4.39 Å². The molecule has 1 aliphatic rings. The minimum Gasteiger partial charge on any atom is -0.345 e. The minimum absolute atomic E-state index is 0.198. The maximum absolute atomic E-state index is 13.6. The van der Waals surface area contributed by atoms with E-state index in [0.29, 0.717) is 21.2 Å². The van der Waals surface area contributed by atoms with Crippen LogP contribution in [-0.4, -0.2) is 9.97 Å². The lowest BCUT2D eigenvalue weighted by Crippen LogP contribution is -1.99. The number of H-pyrrole nitrogens is 1. The summed E-state index contributed by atoms with van der Waals surface area (Å²) < 4.78 is 15.1. The molecule has 1 aromatic heterocycles. The predicted molar refractivity (Wildman–Crippen MR) is 85.1 cm³/mol. The normalized spacial score (nSPS) is 14.5. The molecule has 1 saturated carbocycles. The average molecular weight is 371 g/mol. The maximum Gasteiger partial charge on any atom is 0.144 e. The van der Waals surface area contributed by atoms with Gasteiger partial charge in [-0.2, -0.15) is 0 Å². The van der Waals surface area contributed by atoms with Crippen LogP contribution in [0.1, 0.15) is 30.3 Å². The number of halogens is 2. The van der Waals surface area contributed by atoms with Crippen LogP contribution < -0.4 is 0 Å². The van der Waals surface area contributed by atoms with Crippen molar-refractivity contribution in [2.75, 3.05) is 0 Å². The Kier molecular flexibility index (Phi) is 4.23. The first-order valence-electron chi connectivity index (χ1n) is 6.31. The molecule has 0 aliphatic heterocycles. The third-order valence-electron chi connectivity index (χ3n) is 3.13. The Hall–Kier alpha value is -0.720. The van der Waals surface area contributed by atoms with Crippen molar-refractivity contribution in [3.63, 3.8) is 0 Å². The van der Waals surface area contributed by atoms with Crippen molar-refractivity contribution in [1.29, 1.82) is 0 Å². The molecule has 1 fully saturated rings. The predicted octanol–water partition coefficient (Wildman–Crippen LogP) is 5.21. The van der Waals surface area contributed by atoms with Gasteiger partial charge in [0.2, 0.25) is 0 Å². The highest BCUT2D eigenvalue weighted by Crippen LogP contribution is 2.42. The second-order valence-electron chi connectivity index (χ2n) is 4.71. The lowest BCUT2D eigenvalue weighted by Gasteiger charge is -2.08. The van der Waals surface area contributed by atoms with Gasteiger partial charge >= 0.3 is 0 Å². The Morgan fingerprint density at radius 2 is 2.15 bits per heavy atom. The quantitative estimate of drug-likeness (QED) is 0.591. The molecular weight excluding hydrogens is 359 g/mol. The third kappa shape index (κ3) is 3.13. The zero-order valence-electron chi connectivity index (χ0n) is 10.5. The van der Waals surface area contributed by atoms with Crippen molar-refractivity contribution in [2.24, 2.45) is 0 Å². The number of thioether (sulfide) groups is 1. The van der Waals surface area contributed by atoms with Crippen molar-refractivity contribution in [2.45, 2.75) is 29.4 Å². The van der Waals surface area contributed by atoms with Gasteiger partial charge in [-0.05, 0) is 40.9 Å². The summed E-state index contributed by atoms with van der Waals surface area (Å²) in [4.78, 5) is 8.32. The molecule has 0 atom stereocenters. The first-order valence-corrected chi connectivity index (χ1v) is 8.50. The SMILES string of the molecule is Fc1ccccc1SCc1nc(=S)c(Br)c(C2CC2)[nH]1. The lowest BCUT2D eigenvalue weighted by molar-refractivity contribution is 0.602. The largest absolute Gasteiger partial charge is 0.345 e. The van der Waals surface area contributed by atoms with Crippen LogP contribution in [0.2, 0.25) is 0 Å². The number of rotatable bonds is 4. The van der Waals surface area contributed by atoms with Crippen molar-refractivity contribution in [1.82, 2.24) is 9.97 Å². The molecule has 3 rings (SSSR count). The van der Waals surface area contributed by atoms with Gasteiger partial charge in [-0.3, -0.25) is 0 Å². The van der Waals surface area contributed by atoms with Crippen LogP contribution in [0, 0.1) is 10.5 Å². The van der Waals surface area contributed by atoms with Gasteiger partial charge in [0.1, 0.15) is 16.3 Å². The third-order valence-corrected chi connectivity index (χ3v) is 5.55. The number of nitrogens with one attached hydrogen (secondary N) is 1. The van der Waals surface area contributed by atoms with Crippen molar-refractivity contribution in [3.05, 3.63) is 50.7 Å². The smallest absolute Gasteiger partial charge is 0.144 e. The Morgan fingerprint density at radius 3 is 2.85 bits per heavy atom. The zero-order valence-corrected chi connectivity index (χ0v) is 13.7. The highest BCUT2D eigenvalue weighted by Gasteiger charge is 2.27. The fraction of sp³-hybridized carbons (Fsp3) is 0.286. The number of hydrogen-bond donors (Lipinski definition) is 1. The summed E-state index contributed by atoms with van der Waals surface area (Å²) in [7, 11) is 0. The lowest BCUT2D eigenvalue weighted by atomic mass is 10.3. The summed E-state index contributed by atoms with van der Waals surface area (Å²) in [5.41, 5.74) is 1.13. The van der Waals surface area contributed by atoms with Gasteiger partial charge in [0.15, 0.2) is 0 Å². The van der Waals surface area contributed by atoms with Crippen LogP contribution in [0.15, 0.2) is 33.6 Å². The van der Waals surface area contributed by atoms with E-state index < -0.39 is 0 Å². The van der Waals surface area contributed by atoms with Crippen LogP contribution in [0.4, 0.5) is 4.39 Å². The summed E-state index contributed by atoms with van der Waals surface area (Å²) in [6.45, 7) is 0. The zero-order chi connectivity index (χ0) is 14.1. The van der Waals surface area contributed by atoms with E-state index in [2.05, 4.69) is 25.9 Å². The Morgan fingerprint density at radius 1 is 1.40 bits per heavy atom. The molecule has 0 bridgehead atoms. The molecule has 104 valence electrons. The molecule has 20 heavy (non-hydrogen) atoms. The van der Waals surface area contributed by atoms with Crippen LogP contribution >= 0.6 is 39.9 Å². The van der Waals surface area contributed by atoms with Crippen LogP contribution in [0.25, 0.3) is 0 Å². The van der Waals surface area contributed by atoms with Crippen molar-refractivity contribution in [3.8, 4) is 0 Å². The molecule has 0 radical (unpaired) electrons. The van der Waals surface area contributed by atoms with Gasteiger partial charge < -0.3 is 4.98 Å². The molecule has 1 aliphatic carbocycles. The van der Waals surface area contributed by atoms with Crippen LogP contribution in [0.5, 0.6) is 0 Å². The molecule has 1 N–H and O–H groups in total. The van der Waals surface area contributed by atoms with E-state index in [4.69, 9.17) is 12.2 Å². The molecule has 1 heterocycles.